The van der Waals surface area contributed by atoms with Crippen LogP contribution in [0, 0.1) is 11.6 Å². The topological polar surface area (TPSA) is 29.9 Å². The first kappa shape index (κ1) is 14.7. The van der Waals surface area contributed by atoms with E-state index < -0.39 is 11.6 Å². The SMILES string of the molecule is CCCn1ccnc1C(NCC)c1ccc(F)cc1F. The van der Waals surface area contributed by atoms with Gasteiger partial charge in [0.15, 0.2) is 0 Å². The lowest BCUT2D eigenvalue weighted by Crippen LogP contribution is -2.26. The molecule has 0 aliphatic heterocycles. The zero-order valence-corrected chi connectivity index (χ0v) is 11.7. The van der Waals surface area contributed by atoms with Gasteiger partial charge in [-0.25, -0.2) is 13.8 Å². The second-order valence-corrected chi connectivity index (χ2v) is 4.64. The first-order chi connectivity index (χ1) is 9.67. The number of benzene rings is 1. The summed E-state index contributed by atoms with van der Waals surface area (Å²) >= 11 is 0. The van der Waals surface area contributed by atoms with Crippen LogP contribution in [0.15, 0.2) is 30.6 Å². The molecular weight excluding hydrogens is 260 g/mol. The molecular formula is C15H19F2N3. The second-order valence-electron chi connectivity index (χ2n) is 4.64. The minimum Gasteiger partial charge on any atom is -0.333 e. The average molecular weight is 279 g/mol. The van der Waals surface area contributed by atoms with Crippen LogP contribution in [0.5, 0.6) is 0 Å². The summed E-state index contributed by atoms with van der Waals surface area (Å²) in [6, 6.07) is 3.29. The van der Waals surface area contributed by atoms with E-state index in [1.807, 2.05) is 17.7 Å². The maximum Gasteiger partial charge on any atom is 0.131 e. The fourth-order valence-corrected chi connectivity index (χ4v) is 2.29. The van der Waals surface area contributed by atoms with Crippen molar-refractivity contribution in [3.8, 4) is 0 Å². The maximum atomic E-state index is 14.0. The zero-order chi connectivity index (χ0) is 14.5. The Balaban J connectivity index is 2.42. The van der Waals surface area contributed by atoms with E-state index in [0.717, 1.165) is 24.9 Å². The van der Waals surface area contributed by atoms with Crippen LogP contribution in [0.1, 0.15) is 37.7 Å². The predicted molar refractivity (Wildman–Crippen MR) is 74.4 cm³/mol. The quantitative estimate of drug-likeness (QED) is 0.879. The highest BCUT2D eigenvalue weighted by Crippen LogP contribution is 2.24. The Hall–Kier alpha value is -1.75. The van der Waals surface area contributed by atoms with Crippen LogP contribution in [0.3, 0.4) is 0 Å². The molecule has 3 nitrogen and oxygen atoms in total. The van der Waals surface area contributed by atoms with E-state index in [0.29, 0.717) is 12.1 Å². The molecule has 5 heteroatoms. The molecule has 0 bridgehead atoms. The van der Waals surface area contributed by atoms with Gasteiger partial charge in [-0.3, -0.25) is 0 Å². The Labute approximate surface area is 117 Å². The predicted octanol–water partition coefficient (Wildman–Crippen LogP) is 3.27. The first-order valence-electron chi connectivity index (χ1n) is 6.86. The van der Waals surface area contributed by atoms with Gasteiger partial charge in [0, 0.05) is 30.6 Å². The number of nitrogens with zero attached hydrogens (tertiary/aromatic N) is 2. The smallest absolute Gasteiger partial charge is 0.131 e. The number of hydrogen-bond donors (Lipinski definition) is 1. The van der Waals surface area contributed by atoms with E-state index in [-0.39, 0.29) is 6.04 Å². The van der Waals surface area contributed by atoms with E-state index in [4.69, 9.17) is 0 Å². The van der Waals surface area contributed by atoms with Crippen molar-refractivity contribution in [1.82, 2.24) is 14.9 Å². The molecule has 0 radical (unpaired) electrons. The van der Waals surface area contributed by atoms with E-state index in [9.17, 15) is 8.78 Å². The molecule has 108 valence electrons. The van der Waals surface area contributed by atoms with Gasteiger partial charge < -0.3 is 9.88 Å². The van der Waals surface area contributed by atoms with Gasteiger partial charge in [0.25, 0.3) is 0 Å². The van der Waals surface area contributed by atoms with Crippen molar-refractivity contribution in [3.63, 3.8) is 0 Å². The van der Waals surface area contributed by atoms with Gasteiger partial charge in [0.05, 0.1) is 6.04 Å². The third kappa shape index (κ3) is 3.04. The van der Waals surface area contributed by atoms with Crippen molar-refractivity contribution in [3.05, 3.63) is 53.6 Å². The Bertz CT molecular complexity index is 566. The van der Waals surface area contributed by atoms with Gasteiger partial charge in [-0.2, -0.15) is 0 Å². The number of nitrogens with one attached hydrogen (secondary N) is 1. The van der Waals surface area contributed by atoms with Gasteiger partial charge in [-0.05, 0) is 19.0 Å². The van der Waals surface area contributed by atoms with Gasteiger partial charge in [-0.1, -0.05) is 19.9 Å². The van der Waals surface area contributed by atoms with E-state index in [1.165, 1.54) is 12.1 Å². The molecule has 1 N–H and O–H groups in total. The summed E-state index contributed by atoms with van der Waals surface area (Å²) < 4.78 is 29.1. The molecule has 20 heavy (non-hydrogen) atoms. The molecule has 1 unspecified atom stereocenters. The highest BCUT2D eigenvalue weighted by molar-refractivity contribution is 5.27. The summed E-state index contributed by atoms with van der Waals surface area (Å²) in [7, 11) is 0. The number of imidazole rings is 1. The summed E-state index contributed by atoms with van der Waals surface area (Å²) in [4.78, 5) is 4.33. The number of hydrogen-bond acceptors (Lipinski definition) is 2. The van der Waals surface area contributed by atoms with Crippen LogP contribution in [-0.2, 0) is 6.54 Å². The normalized spacial score (nSPS) is 12.6. The van der Waals surface area contributed by atoms with Crippen molar-refractivity contribution >= 4 is 0 Å². The fraction of sp³-hybridized carbons (Fsp3) is 0.400. The van der Waals surface area contributed by atoms with Crippen molar-refractivity contribution in [2.75, 3.05) is 6.54 Å². The van der Waals surface area contributed by atoms with Crippen molar-refractivity contribution in [2.45, 2.75) is 32.9 Å². The molecule has 2 rings (SSSR count). The van der Waals surface area contributed by atoms with Gasteiger partial charge >= 0.3 is 0 Å². The minimum absolute atomic E-state index is 0.373. The monoisotopic (exact) mass is 279 g/mol. The number of aromatic nitrogens is 2. The van der Waals surface area contributed by atoms with Crippen molar-refractivity contribution in [1.29, 1.82) is 0 Å². The van der Waals surface area contributed by atoms with Crippen LogP contribution >= 0.6 is 0 Å². The molecule has 1 aromatic heterocycles. The van der Waals surface area contributed by atoms with Crippen LogP contribution in [0.4, 0.5) is 8.78 Å². The number of halogens is 2. The molecule has 1 aromatic carbocycles. The third-order valence-electron chi connectivity index (χ3n) is 3.15. The van der Waals surface area contributed by atoms with E-state index in [1.54, 1.807) is 6.20 Å². The van der Waals surface area contributed by atoms with Gasteiger partial charge in [0.2, 0.25) is 0 Å². The summed E-state index contributed by atoms with van der Waals surface area (Å²) in [5, 5.41) is 3.21. The molecule has 0 spiro atoms. The van der Waals surface area contributed by atoms with Crippen molar-refractivity contribution in [2.24, 2.45) is 0 Å². The van der Waals surface area contributed by atoms with Crippen LogP contribution in [-0.4, -0.2) is 16.1 Å². The van der Waals surface area contributed by atoms with E-state index >= 15 is 0 Å². The summed E-state index contributed by atoms with van der Waals surface area (Å²) in [5.41, 5.74) is 0.414. The largest absolute Gasteiger partial charge is 0.333 e. The number of rotatable bonds is 6. The molecule has 0 fully saturated rings. The molecule has 1 atom stereocenters. The zero-order valence-electron chi connectivity index (χ0n) is 11.7. The Morgan fingerprint density at radius 1 is 1.30 bits per heavy atom. The minimum atomic E-state index is -0.571. The molecule has 0 saturated heterocycles. The summed E-state index contributed by atoms with van der Waals surface area (Å²) in [6.45, 7) is 5.51. The Kier molecular flexibility index (Phi) is 4.84. The lowest BCUT2D eigenvalue weighted by atomic mass is 10.1. The fourth-order valence-electron chi connectivity index (χ4n) is 2.29. The maximum absolute atomic E-state index is 14.0. The Morgan fingerprint density at radius 3 is 2.75 bits per heavy atom. The molecule has 0 amide bonds. The lowest BCUT2D eigenvalue weighted by Gasteiger charge is -2.20. The average Bonchev–Trinajstić information content (AvgIpc) is 2.85. The molecule has 0 saturated carbocycles. The van der Waals surface area contributed by atoms with Gasteiger partial charge in [-0.15, -0.1) is 0 Å². The number of aryl methyl sites for hydroxylation is 1. The second kappa shape index (κ2) is 6.61. The first-order valence-corrected chi connectivity index (χ1v) is 6.86. The van der Waals surface area contributed by atoms with Crippen LogP contribution in [0.25, 0.3) is 0 Å². The molecule has 2 aromatic rings. The molecule has 0 aliphatic carbocycles. The highest BCUT2D eigenvalue weighted by Gasteiger charge is 2.21. The van der Waals surface area contributed by atoms with Crippen molar-refractivity contribution < 1.29 is 8.78 Å². The summed E-state index contributed by atoms with van der Waals surface area (Å²) in [5.74, 6) is -0.375. The standard InChI is InChI=1S/C15H19F2N3/c1-3-8-20-9-7-19-15(20)14(18-4-2)12-6-5-11(16)10-13(12)17/h5-7,9-10,14,18H,3-4,8H2,1-2H3. The van der Waals surface area contributed by atoms with Crippen LogP contribution < -0.4 is 5.32 Å². The van der Waals surface area contributed by atoms with E-state index in [2.05, 4.69) is 17.2 Å². The summed E-state index contributed by atoms with van der Waals surface area (Å²) in [6.07, 6.45) is 4.55. The highest BCUT2D eigenvalue weighted by atomic mass is 19.1. The molecule has 0 aliphatic rings. The van der Waals surface area contributed by atoms with Crippen LogP contribution in [0.2, 0.25) is 0 Å². The third-order valence-corrected chi connectivity index (χ3v) is 3.15. The lowest BCUT2D eigenvalue weighted by molar-refractivity contribution is 0.508. The van der Waals surface area contributed by atoms with Gasteiger partial charge in [0.1, 0.15) is 17.5 Å². The Morgan fingerprint density at radius 2 is 2.10 bits per heavy atom. The molecule has 1 heterocycles.